The number of hydrogen-bond donors (Lipinski definition) is 0. The van der Waals surface area contributed by atoms with E-state index in [0.717, 1.165) is 17.5 Å². The topological polar surface area (TPSA) is 46.6 Å². The van der Waals surface area contributed by atoms with E-state index in [4.69, 9.17) is 4.74 Å². The van der Waals surface area contributed by atoms with Crippen LogP contribution in [0, 0.1) is 11.8 Å². The highest BCUT2D eigenvalue weighted by Crippen LogP contribution is 2.37. The number of carbonyl (C=O) groups excluding carboxylic acids is 2. The van der Waals surface area contributed by atoms with E-state index in [0.29, 0.717) is 6.42 Å². The molecule has 1 fully saturated rings. The maximum absolute atomic E-state index is 13.5. The highest BCUT2D eigenvalue weighted by Gasteiger charge is 2.46. The van der Waals surface area contributed by atoms with Gasteiger partial charge in [0.1, 0.15) is 6.61 Å². The summed E-state index contributed by atoms with van der Waals surface area (Å²) in [5.74, 6) is -0.193. The third-order valence-corrected chi connectivity index (χ3v) is 6.21. The summed E-state index contributed by atoms with van der Waals surface area (Å²) in [5.41, 5.74) is 3.47. The third kappa shape index (κ3) is 3.84. The number of imide groups is 1. The third-order valence-electron chi connectivity index (χ3n) is 6.21. The van der Waals surface area contributed by atoms with Gasteiger partial charge in [0.25, 0.3) is 0 Å². The number of allylic oxidation sites excluding steroid dienone is 2. The average molecular weight is 389 g/mol. The van der Waals surface area contributed by atoms with Gasteiger partial charge in [0.05, 0.1) is 6.04 Å². The van der Waals surface area contributed by atoms with Crippen molar-refractivity contribution in [2.75, 3.05) is 6.61 Å². The van der Waals surface area contributed by atoms with E-state index in [1.807, 2.05) is 36.4 Å². The van der Waals surface area contributed by atoms with Crippen molar-refractivity contribution in [1.82, 2.24) is 4.90 Å². The molecule has 4 heteroatoms. The average Bonchev–Trinajstić information content (AvgIpc) is 3.10. The Morgan fingerprint density at radius 3 is 2.17 bits per heavy atom. The molecular formula is C25H27NO3. The molecule has 2 aliphatic rings. The molecule has 0 spiro atoms. The fourth-order valence-corrected chi connectivity index (χ4v) is 4.71. The molecule has 2 aromatic carbocycles. The molecule has 0 aromatic heterocycles. The van der Waals surface area contributed by atoms with Crippen molar-refractivity contribution < 1.29 is 14.3 Å². The molecule has 1 aliphatic carbocycles. The first kappa shape index (κ1) is 19.4. The maximum atomic E-state index is 13.5. The monoisotopic (exact) mass is 389 g/mol. The van der Waals surface area contributed by atoms with Crippen molar-refractivity contribution in [3.8, 4) is 0 Å². The first-order valence-corrected chi connectivity index (χ1v) is 10.3. The van der Waals surface area contributed by atoms with E-state index in [2.05, 4.69) is 44.2 Å². The van der Waals surface area contributed by atoms with Gasteiger partial charge in [-0.1, -0.05) is 79.2 Å². The zero-order chi connectivity index (χ0) is 20.4. The number of benzene rings is 2. The lowest BCUT2D eigenvalue weighted by Crippen LogP contribution is -2.47. The standard InChI is InChI=1S/C25H27NO3/c1-17-13-14-21(18(2)15-17)24(27)26-22(16-29-25(26)28)23(19-9-5-3-6-10-19)20-11-7-4-8-12-20/h3-13,18,21-23H,14-16H2,1-2H3/t18-,21-,22+/m1/s1. The highest BCUT2D eigenvalue weighted by molar-refractivity contribution is 5.95. The molecule has 150 valence electrons. The summed E-state index contributed by atoms with van der Waals surface area (Å²) in [7, 11) is 0. The summed E-state index contributed by atoms with van der Waals surface area (Å²) in [6, 6.07) is 19.8. The lowest BCUT2D eigenvalue weighted by molar-refractivity contribution is -0.135. The number of ether oxygens (including phenoxy) is 1. The van der Waals surface area contributed by atoms with Crippen LogP contribution >= 0.6 is 0 Å². The van der Waals surface area contributed by atoms with Gasteiger partial charge in [0.2, 0.25) is 5.91 Å². The molecule has 2 aromatic rings. The van der Waals surface area contributed by atoms with Crippen molar-refractivity contribution in [3.05, 3.63) is 83.4 Å². The Kier molecular flexibility index (Phi) is 5.52. The van der Waals surface area contributed by atoms with Crippen LogP contribution < -0.4 is 0 Å². The van der Waals surface area contributed by atoms with Gasteiger partial charge >= 0.3 is 6.09 Å². The minimum Gasteiger partial charge on any atom is -0.447 e. The molecule has 0 unspecified atom stereocenters. The quantitative estimate of drug-likeness (QED) is 0.679. The second kappa shape index (κ2) is 8.24. The number of carbonyl (C=O) groups is 2. The first-order valence-electron chi connectivity index (χ1n) is 10.3. The van der Waals surface area contributed by atoms with Gasteiger partial charge in [-0.25, -0.2) is 9.69 Å². The van der Waals surface area contributed by atoms with Crippen LogP contribution in [0.5, 0.6) is 0 Å². The Morgan fingerprint density at radius 1 is 1.03 bits per heavy atom. The summed E-state index contributed by atoms with van der Waals surface area (Å²) in [4.78, 5) is 27.6. The largest absolute Gasteiger partial charge is 0.447 e. The van der Waals surface area contributed by atoms with Crippen molar-refractivity contribution in [1.29, 1.82) is 0 Å². The molecule has 2 amide bonds. The zero-order valence-corrected chi connectivity index (χ0v) is 17.0. The second-order valence-electron chi connectivity index (χ2n) is 8.23. The Hall–Kier alpha value is -2.88. The van der Waals surface area contributed by atoms with Gasteiger partial charge in [-0.2, -0.15) is 0 Å². The van der Waals surface area contributed by atoms with E-state index >= 15 is 0 Å². The highest BCUT2D eigenvalue weighted by atomic mass is 16.6. The van der Waals surface area contributed by atoms with Crippen LogP contribution in [0.3, 0.4) is 0 Å². The van der Waals surface area contributed by atoms with Gasteiger partial charge in [0.15, 0.2) is 0 Å². The molecule has 0 radical (unpaired) electrons. The van der Waals surface area contributed by atoms with E-state index in [-0.39, 0.29) is 36.3 Å². The summed E-state index contributed by atoms with van der Waals surface area (Å²) in [6.45, 7) is 4.42. The number of cyclic esters (lactones) is 1. The smallest absolute Gasteiger partial charge is 0.417 e. The molecule has 1 aliphatic heterocycles. The van der Waals surface area contributed by atoms with Gasteiger partial charge in [-0.3, -0.25) is 4.79 Å². The fourth-order valence-electron chi connectivity index (χ4n) is 4.71. The van der Waals surface area contributed by atoms with E-state index in [1.54, 1.807) is 0 Å². The maximum Gasteiger partial charge on any atom is 0.417 e. The van der Waals surface area contributed by atoms with Crippen LogP contribution in [0.1, 0.15) is 43.7 Å². The summed E-state index contributed by atoms with van der Waals surface area (Å²) < 4.78 is 5.42. The molecule has 1 saturated heterocycles. The lowest BCUT2D eigenvalue weighted by atomic mass is 9.79. The van der Waals surface area contributed by atoms with Crippen molar-refractivity contribution >= 4 is 12.0 Å². The van der Waals surface area contributed by atoms with Crippen LogP contribution in [0.2, 0.25) is 0 Å². The SMILES string of the molecule is CC1=CC[C@@H](C(=O)N2C(=O)OC[C@H]2C(c2ccccc2)c2ccccc2)[C@H](C)C1. The van der Waals surface area contributed by atoms with Crippen molar-refractivity contribution in [2.45, 2.75) is 38.6 Å². The molecule has 0 bridgehead atoms. The molecule has 1 heterocycles. The van der Waals surface area contributed by atoms with Crippen LogP contribution in [0.15, 0.2) is 72.3 Å². The summed E-state index contributed by atoms with van der Waals surface area (Å²) in [5, 5.41) is 0. The fraction of sp³-hybridized carbons (Fsp3) is 0.360. The molecular weight excluding hydrogens is 362 g/mol. The minimum atomic E-state index is -0.518. The van der Waals surface area contributed by atoms with Crippen LogP contribution in [0.4, 0.5) is 4.79 Å². The number of amides is 2. The molecule has 3 atom stereocenters. The number of nitrogens with zero attached hydrogens (tertiary/aromatic N) is 1. The zero-order valence-electron chi connectivity index (χ0n) is 17.0. The molecule has 4 rings (SSSR count). The van der Waals surface area contributed by atoms with E-state index in [1.165, 1.54) is 10.5 Å². The minimum absolute atomic E-state index is 0.106. The van der Waals surface area contributed by atoms with Gasteiger partial charge in [-0.05, 0) is 36.8 Å². The van der Waals surface area contributed by atoms with Crippen molar-refractivity contribution in [3.63, 3.8) is 0 Å². The Balaban J connectivity index is 1.70. The molecule has 0 saturated carbocycles. The predicted molar refractivity (Wildman–Crippen MR) is 112 cm³/mol. The van der Waals surface area contributed by atoms with E-state index < -0.39 is 6.09 Å². The second-order valence-corrected chi connectivity index (χ2v) is 8.23. The van der Waals surface area contributed by atoms with Gasteiger partial charge in [0, 0.05) is 11.8 Å². The Labute approximate surface area is 172 Å². The Bertz CT molecular complexity index is 867. The van der Waals surface area contributed by atoms with E-state index in [9.17, 15) is 9.59 Å². The number of hydrogen-bond acceptors (Lipinski definition) is 3. The van der Waals surface area contributed by atoms with Crippen LogP contribution in [-0.4, -0.2) is 29.5 Å². The predicted octanol–water partition coefficient (Wildman–Crippen LogP) is 5.16. The van der Waals surface area contributed by atoms with Crippen LogP contribution in [-0.2, 0) is 9.53 Å². The summed E-state index contributed by atoms with van der Waals surface area (Å²) >= 11 is 0. The van der Waals surface area contributed by atoms with Crippen LogP contribution in [0.25, 0.3) is 0 Å². The summed E-state index contributed by atoms with van der Waals surface area (Å²) in [6.07, 6.45) is 3.19. The van der Waals surface area contributed by atoms with Crippen molar-refractivity contribution in [2.24, 2.45) is 11.8 Å². The normalized spacial score (nSPS) is 24.4. The lowest BCUT2D eigenvalue weighted by Gasteiger charge is -2.33. The van der Waals surface area contributed by atoms with Gasteiger partial charge in [-0.15, -0.1) is 0 Å². The number of rotatable bonds is 4. The molecule has 0 N–H and O–H groups in total. The first-order chi connectivity index (χ1) is 14.1. The molecule has 29 heavy (non-hydrogen) atoms. The Morgan fingerprint density at radius 2 is 1.62 bits per heavy atom. The van der Waals surface area contributed by atoms with Gasteiger partial charge < -0.3 is 4.74 Å². The molecule has 4 nitrogen and oxygen atoms in total.